The molecule has 123 heavy (non-hydrogen) atoms. The Hall–Kier alpha value is -11.6. The van der Waals surface area contributed by atoms with Gasteiger partial charge in [-0.15, -0.1) is 0 Å². The van der Waals surface area contributed by atoms with E-state index in [2.05, 4.69) is 57.8 Å². The fourth-order valence-electron chi connectivity index (χ4n) is 15.9. The number of fused-ring (bicyclic) bond motifs is 4. The van der Waals surface area contributed by atoms with Gasteiger partial charge in [0.05, 0.1) is 19.1 Å². The van der Waals surface area contributed by atoms with E-state index in [1.54, 1.807) is 56.6 Å². The summed E-state index contributed by atoms with van der Waals surface area (Å²) in [5, 5.41) is 47.5. The molecular weight excluding hydrogens is 1590 g/mol. The number of carbonyl (C=O) groups excluding carboxylic acids is 15. The Balaban J connectivity index is 1.15. The van der Waals surface area contributed by atoms with Crippen LogP contribution in [0.2, 0.25) is 0 Å². The second-order valence-corrected chi connectivity index (χ2v) is 33.1. The molecule has 14 atom stereocenters. The van der Waals surface area contributed by atoms with Crippen LogP contribution in [0.3, 0.4) is 0 Å². The monoisotopic (exact) mass is 1710 g/mol. The highest BCUT2D eigenvalue weighted by atomic mass is 16.5. The number of aromatic hydroxyl groups is 1. The van der Waals surface area contributed by atoms with Gasteiger partial charge < -0.3 is 114 Å². The maximum Gasteiger partial charge on any atom is 0.246 e. The lowest BCUT2D eigenvalue weighted by Crippen LogP contribution is -2.61. The van der Waals surface area contributed by atoms with Crippen molar-refractivity contribution < 1.29 is 86.9 Å². The number of rotatable bonds is 21. The van der Waals surface area contributed by atoms with Gasteiger partial charge in [0, 0.05) is 107 Å². The fourth-order valence-corrected chi connectivity index (χ4v) is 15.9. The van der Waals surface area contributed by atoms with Crippen LogP contribution < -0.4 is 65.1 Å². The first-order valence-electron chi connectivity index (χ1n) is 42.5. The molecule has 3 aromatic carbocycles. The van der Waals surface area contributed by atoms with Crippen LogP contribution >= 0.6 is 0 Å². The van der Waals surface area contributed by atoms with Gasteiger partial charge in [-0.3, -0.25) is 71.9 Å². The molecule has 3 fully saturated rings. The van der Waals surface area contributed by atoms with E-state index in [4.69, 9.17) is 21.9 Å². The minimum Gasteiger partial charge on any atom is -0.508 e. The van der Waals surface area contributed by atoms with Gasteiger partial charge >= 0.3 is 0 Å². The SMILES string of the molecule is CCCC[C@H]1C(=O)N(C)[C@@H](CCCC)C(=O)N[C@@H](CC(C)C)C(=O)NCCOCC(=O)N[C@@H](Cc2ccc(O)cc2)C(=O)N(C)[C@@H](C)C(=O)N[C@@H](CC(N)=O)C(=O)N2CCCC2C(=O)N[C@@H](CN)C(=O)N[C@@H](CC(C)C)C(=O)N2C[C@H](O)C[C@H]2C(=O)N[C@@H](Cc2c[nH]c3ccccc23)C(=O)N[C@@H](CCN)C(=O)N[C@@H](Cc2c[nH]c3ccccc23)C(=O)N1C. The average Bonchev–Trinajstić information content (AvgIpc) is 1.66. The van der Waals surface area contributed by atoms with Crippen LogP contribution in [0.5, 0.6) is 5.75 Å². The summed E-state index contributed by atoms with van der Waals surface area (Å²) < 4.78 is 5.70. The first kappa shape index (κ1) is 96.9. The zero-order valence-electron chi connectivity index (χ0n) is 72.0. The Kier molecular flexibility index (Phi) is 36.3. The molecule has 3 aliphatic rings. The molecule has 19 N–H and O–H groups in total. The van der Waals surface area contributed by atoms with Gasteiger partial charge in [-0.1, -0.05) is 116 Å². The number of hydrogen-bond donors (Lipinski definition) is 16. The second-order valence-electron chi connectivity index (χ2n) is 33.1. The fraction of sp³-hybridized carbons (Fsp3) is 0.570. The number of unbranched alkanes of at least 4 members (excludes halogenated alkanes) is 2. The number of carbonyl (C=O) groups is 15. The van der Waals surface area contributed by atoms with Gasteiger partial charge in [0.15, 0.2) is 0 Å². The molecule has 8 rings (SSSR count). The number of aliphatic hydroxyl groups is 1. The molecule has 0 saturated carbocycles. The third kappa shape index (κ3) is 26.5. The number of amides is 15. The van der Waals surface area contributed by atoms with Crippen molar-refractivity contribution in [1.82, 2.24) is 82.3 Å². The summed E-state index contributed by atoms with van der Waals surface area (Å²) >= 11 is 0. The van der Waals surface area contributed by atoms with Gasteiger partial charge in [-0.05, 0) is 111 Å². The molecule has 3 aliphatic heterocycles. The number of primary amides is 1. The van der Waals surface area contributed by atoms with Crippen LogP contribution in [-0.2, 0) is 95.9 Å². The van der Waals surface area contributed by atoms with E-state index in [-0.39, 0.29) is 114 Å². The zero-order chi connectivity index (χ0) is 90.1. The number of nitrogens with zero attached hydrogens (tertiary/aromatic N) is 5. The van der Waals surface area contributed by atoms with Crippen molar-refractivity contribution in [3.05, 3.63) is 102 Å². The van der Waals surface area contributed by atoms with Gasteiger partial charge in [0.25, 0.3) is 0 Å². The number of para-hydroxylation sites is 2. The molecule has 15 amide bonds. The molecule has 0 radical (unpaired) electrons. The average molecular weight is 1710 g/mol. The Bertz CT molecular complexity index is 4530. The molecule has 5 heterocycles. The van der Waals surface area contributed by atoms with Gasteiger partial charge in [0.1, 0.15) is 90.9 Å². The van der Waals surface area contributed by atoms with Crippen molar-refractivity contribution >= 4 is 110 Å². The number of phenolic OH excluding ortho intramolecular Hbond substituents is 1. The first-order valence-corrected chi connectivity index (χ1v) is 42.5. The van der Waals surface area contributed by atoms with Crippen molar-refractivity contribution in [2.45, 2.75) is 236 Å². The number of nitrogens with two attached hydrogens (primary N) is 3. The number of likely N-dealkylation sites (N-methyl/N-ethyl adjacent to an activating group) is 3. The third-order valence-corrected chi connectivity index (χ3v) is 22.8. The van der Waals surface area contributed by atoms with Crippen LogP contribution in [0.15, 0.2) is 85.2 Å². The number of aliphatic hydroxyl groups excluding tert-OH is 1. The van der Waals surface area contributed by atoms with Gasteiger partial charge in [-0.2, -0.15) is 0 Å². The summed E-state index contributed by atoms with van der Waals surface area (Å²) in [6.45, 7) is 10.0. The highest BCUT2D eigenvalue weighted by Crippen LogP contribution is 2.28. The summed E-state index contributed by atoms with van der Waals surface area (Å²) in [5.41, 5.74) is 21.1. The maximum atomic E-state index is 15.7. The van der Waals surface area contributed by atoms with E-state index >= 15 is 28.8 Å². The normalized spacial score (nSPS) is 25.6. The molecule has 0 spiro atoms. The Morgan fingerprint density at radius 2 is 1.02 bits per heavy atom. The predicted molar refractivity (Wildman–Crippen MR) is 456 cm³/mol. The zero-order valence-corrected chi connectivity index (χ0v) is 72.0. The summed E-state index contributed by atoms with van der Waals surface area (Å²) in [4.78, 5) is 232. The topological polar surface area (TPSA) is 540 Å². The number of phenols is 1. The molecule has 672 valence electrons. The van der Waals surface area contributed by atoms with E-state index in [1.807, 2.05) is 45.9 Å². The largest absolute Gasteiger partial charge is 0.508 e. The lowest BCUT2D eigenvalue weighted by atomic mass is 9.99. The molecule has 5 aromatic rings. The van der Waals surface area contributed by atoms with E-state index in [1.165, 1.54) is 62.1 Å². The number of nitrogens with one attached hydrogen (secondary N) is 11. The Morgan fingerprint density at radius 3 is 1.63 bits per heavy atom. The second kappa shape index (κ2) is 46.1. The molecular formula is C86H125N19O18. The summed E-state index contributed by atoms with van der Waals surface area (Å²) in [5.74, 6) is -13.1. The predicted octanol–water partition coefficient (Wildman–Crippen LogP) is -0.483. The van der Waals surface area contributed by atoms with Crippen LogP contribution in [0.4, 0.5) is 0 Å². The van der Waals surface area contributed by atoms with Crippen molar-refractivity contribution in [3.63, 3.8) is 0 Å². The lowest BCUT2D eigenvalue weighted by molar-refractivity contribution is -0.149. The molecule has 0 bridgehead atoms. The highest BCUT2D eigenvalue weighted by Gasteiger charge is 2.46. The molecule has 2 aromatic heterocycles. The molecule has 37 nitrogen and oxygen atoms in total. The van der Waals surface area contributed by atoms with Crippen LogP contribution in [-0.4, -0.2) is 285 Å². The summed E-state index contributed by atoms with van der Waals surface area (Å²) in [6.07, 6.45) is 2.79. The number of hydrogen-bond acceptors (Lipinski definition) is 20. The van der Waals surface area contributed by atoms with Crippen LogP contribution in [0.1, 0.15) is 149 Å². The molecule has 1 unspecified atom stereocenters. The smallest absolute Gasteiger partial charge is 0.246 e. The third-order valence-electron chi connectivity index (χ3n) is 22.8. The Labute approximate surface area is 716 Å². The first-order chi connectivity index (χ1) is 58.6. The summed E-state index contributed by atoms with van der Waals surface area (Å²) in [7, 11) is 4.15. The van der Waals surface area contributed by atoms with E-state index in [9.17, 15) is 53.4 Å². The number of aromatic nitrogens is 2. The molecule has 3 saturated heterocycles. The van der Waals surface area contributed by atoms with Gasteiger partial charge in [0.2, 0.25) is 88.6 Å². The van der Waals surface area contributed by atoms with Crippen molar-refractivity contribution in [3.8, 4) is 5.75 Å². The van der Waals surface area contributed by atoms with Gasteiger partial charge in [-0.25, -0.2) is 0 Å². The number of H-pyrrole nitrogens is 2. The van der Waals surface area contributed by atoms with Crippen molar-refractivity contribution in [2.75, 3.05) is 67.1 Å². The van der Waals surface area contributed by atoms with E-state index in [0.717, 1.165) is 14.7 Å². The van der Waals surface area contributed by atoms with Crippen LogP contribution in [0.25, 0.3) is 21.8 Å². The summed E-state index contributed by atoms with van der Waals surface area (Å²) in [6, 6.07) is 1.77. The van der Waals surface area contributed by atoms with E-state index < -0.39 is 199 Å². The quantitative estimate of drug-likeness (QED) is 0.0441. The molecule has 37 heteroatoms. The number of benzene rings is 3. The number of aromatic amines is 2. The molecule has 0 aliphatic carbocycles. The lowest BCUT2D eigenvalue weighted by Gasteiger charge is -2.36. The minimum absolute atomic E-state index is 0.0239. The maximum absolute atomic E-state index is 15.7. The van der Waals surface area contributed by atoms with Crippen molar-refractivity contribution in [2.24, 2.45) is 29.0 Å². The van der Waals surface area contributed by atoms with E-state index in [0.29, 0.717) is 64.2 Å². The Morgan fingerprint density at radius 1 is 0.520 bits per heavy atom. The van der Waals surface area contributed by atoms with Crippen LogP contribution in [0, 0.1) is 11.8 Å². The standard InChI is InChI=1S/C86H125N19O18/c1-11-13-24-68-79(115)95-61(36-48(3)4)75(111)90-33-35-123-47-73(109)93-64(38-51-27-29-54(106)30-28-51)82(118)101(8)50(7)74(110)97-66(42-72(89)108)84(120)104-34-19-26-69(104)80(116)100-67(43-88)78(114)98-63(37-49(5)6)85(121)105-46-55(107)41-71(105)81(117)96-62(39-52-44-91-58-22-17-15-20-56(52)58)77(113)94-60(31-32-87)76(112)99-65(40-53-45-92-59-23-18-16-21-57(53)59)83(119)103(10)70(25-14-12-2)86(122)102(68)9/h15-18,20-23,27-30,44-45,48-50,55,60-71,91-92,106-107H,11-14,19,24-26,31-43,46-47,87-88H2,1-10H3,(H2,89,108)(H,90,111)(H,93,109)(H,94,113)(H,95,115)(H,96,117)(H,97,110)(H,98,114)(H,99,112)(H,100,116)/t50-,55+,60-,61-,62-,63-,64-,65-,66-,67-,68-,69?,70-,71-/m0/s1. The minimum atomic E-state index is -1.71. The van der Waals surface area contributed by atoms with Crippen molar-refractivity contribution in [1.29, 1.82) is 0 Å². The highest BCUT2D eigenvalue weighted by molar-refractivity contribution is 6.02. The number of ether oxygens (including phenoxy) is 1.